The zero-order valence-electron chi connectivity index (χ0n) is 24.1. The highest BCUT2D eigenvalue weighted by molar-refractivity contribution is 6.04. The number of morpholine rings is 2. The number of carbonyl (C=O) groups excluding carboxylic acids is 1. The zero-order chi connectivity index (χ0) is 29.8. The van der Waals surface area contributed by atoms with Crippen LogP contribution in [0.25, 0.3) is 22.0 Å². The van der Waals surface area contributed by atoms with Gasteiger partial charge >= 0.3 is 6.03 Å². The van der Waals surface area contributed by atoms with Crippen molar-refractivity contribution >= 4 is 34.1 Å². The normalized spacial score (nSPS) is 17.1. The molecule has 43 heavy (non-hydrogen) atoms. The molecular formula is C31H36FN7O4. The first-order valence-corrected chi connectivity index (χ1v) is 14.4. The van der Waals surface area contributed by atoms with E-state index in [2.05, 4.69) is 30.6 Å². The van der Waals surface area contributed by atoms with Gasteiger partial charge in [0.2, 0.25) is 0 Å². The Morgan fingerprint density at radius 1 is 1.02 bits per heavy atom. The molecule has 0 aliphatic carbocycles. The van der Waals surface area contributed by atoms with E-state index in [0.717, 1.165) is 73.5 Å². The maximum atomic E-state index is 14.1. The quantitative estimate of drug-likeness (QED) is 0.240. The minimum absolute atomic E-state index is 0.120. The molecule has 2 fully saturated rings. The molecule has 0 saturated carbocycles. The Balaban J connectivity index is 1.20. The number of nitrogens with zero attached hydrogens (tertiary/aromatic N) is 3. The number of benzene rings is 3. The number of fused-ring (bicyclic) bond motifs is 1. The first-order chi connectivity index (χ1) is 20.9. The zero-order valence-corrected chi connectivity index (χ0v) is 24.1. The van der Waals surface area contributed by atoms with E-state index in [-0.39, 0.29) is 11.9 Å². The third-order valence-corrected chi connectivity index (χ3v) is 7.77. The van der Waals surface area contributed by atoms with Crippen LogP contribution in [0, 0.1) is 12.7 Å². The molecule has 2 amide bonds. The highest BCUT2D eigenvalue weighted by Gasteiger charge is 2.27. The second-order valence-electron chi connectivity index (χ2n) is 10.7. The molecule has 11 nitrogen and oxygen atoms in total. The minimum Gasteiger partial charge on any atom is -0.471 e. The second kappa shape index (κ2) is 13.0. The fraction of sp³-hybridized carbons (Fsp3) is 0.355. The number of aromatic amines is 1. The van der Waals surface area contributed by atoms with Crippen LogP contribution in [0.15, 0.2) is 54.6 Å². The lowest BCUT2D eigenvalue weighted by molar-refractivity contribution is -0.0682. The molecule has 0 radical (unpaired) electrons. The third-order valence-electron chi connectivity index (χ3n) is 7.77. The molecule has 0 spiro atoms. The van der Waals surface area contributed by atoms with E-state index < -0.39 is 11.8 Å². The van der Waals surface area contributed by atoms with E-state index in [1.165, 1.54) is 6.07 Å². The smallest absolute Gasteiger partial charge is 0.323 e. The Morgan fingerprint density at radius 3 is 2.49 bits per heavy atom. The van der Waals surface area contributed by atoms with Gasteiger partial charge in [0.15, 0.2) is 12.0 Å². The highest BCUT2D eigenvalue weighted by atomic mass is 19.1. The number of hydrogen-bond donors (Lipinski definition) is 4. The number of aryl methyl sites for hydroxylation is 1. The summed E-state index contributed by atoms with van der Waals surface area (Å²) in [5.41, 5.74) is 10.4. The molecule has 3 heterocycles. The Labute approximate surface area is 249 Å². The maximum absolute atomic E-state index is 14.1. The van der Waals surface area contributed by atoms with Crippen LogP contribution in [0.2, 0.25) is 0 Å². The molecule has 2 aliphatic heterocycles. The number of hydrogen-bond acceptors (Lipinski definition) is 8. The average Bonchev–Trinajstić information content (AvgIpc) is 3.42. The number of anilines is 3. The van der Waals surface area contributed by atoms with Crippen molar-refractivity contribution in [2.24, 2.45) is 0 Å². The van der Waals surface area contributed by atoms with Crippen molar-refractivity contribution in [1.29, 1.82) is 0 Å². The number of aromatic nitrogens is 2. The molecule has 1 aromatic heterocycles. The van der Waals surface area contributed by atoms with Crippen LogP contribution in [0.1, 0.15) is 5.56 Å². The van der Waals surface area contributed by atoms with E-state index in [9.17, 15) is 9.18 Å². The van der Waals surface area contributed by atoms with Crippen molar-refractivity contribution in [2.45, 2.75) is 13.2 Å². The molecule has 5 N–H and O–H groups in total. The summed E-state index contributed by atoms with van der Waals surface area (Å²) < 4.78 is 31.9. The van der Waals surface area contributed by atoms with Gasteiger partial charge in [0, 0.05) is 38.4 Å². The van der Waals surface area contributed by atoms with Gasteiger partial charge in [-0.3, -0.25) is 14.9 Å². The fourth-order valence-electron chi connectivity index (χ4n) is 5.47. The van der Waals surface area contributed by atoms with Gasteiger partial charge in [0.25, 0.3) is 0 Å². The number of nitrogen functional groups attached to an aromatic ring is 1. The molecule has 2 aliphatic rings. The second-order valence-corrected chi connectivity index (χ2v) is 10.7. The van der Waals surface area contributed by atoms with E-state index in [4.69, 9.17) is 19.9 Å². The summed E-state index contributed by atoms with van der Waals surface area (Å²) in [6.45, 7) is 8.67. The number of urea groups is 1. The van der Waals surface area contributed by atoms with Gasteiger partial charge in [-0.05, 0) is 60.0 Å². The molecule has 1 unspecified atom stereocenters. The number of amides is 2. The van der Waals surface area contributed by atoms with Crippen LogP contribution in [-0.2, 0) is 9.47 Å². The number of carbonyl (C=O) groups is 1. The third kappa shape index (κ3) is 6.73. The molecule has 6 rings (SSSR count). The summed E-state index contributed by atoms with van der Waals surface area (Å²) in [4.78, 5) is 17.2. The molecule has 2 saturated heterocycles. The Hall–Kier alpha value is -4.23. The molecule has 3 aromatic carbocycles. The Kier molecular flexibility index (Phi) is 8.70. The SMILES string of the molecule is Cc1ccc(F)c(NC(=O)Nc2ccc(-c3ccc(OC(CN4CCOCC4)N4CCOCC4)c4[nH]nc(N)c34)cc2)c1. The molecule has 0 bridgehead atoms. The number of rotatable bonds is 8. The largest absolute Gasteiger partial charge is 0.471 e. The van der Waals surface area contributed by atoms with E-state index >= 15 is 0 Å². The van der Waals surface area contributed by atoms with Crippen molar-refractivity contribution in [3.05, 3.63) is 66.0 Å². The summed E-state index contributed by atoms with van der Waals surface area (Å²) in [6.07, 6.45) is -0.176. The Bertz CT molecular complexity index is 1570. The molecule has 226 valence electrons. The summed E-state index contributed by atoms with van der Waals surface area (Å²) in [7, 11) is 0. The topological polar surface area (TPSA) is 130 Å². The van der Waals surface area contributed by atoms with Crippen LogP contribution in [-0.4, -0.2) is 91.4 Å². The lowest BCUT2D eigenvalue weighted by Gasteiger charge is -2.38. The van der Waals surface area contributed by atoms with Gasteiger partial charge in [-0.2, -0.15) is 5.10 Å². The van der Waals surface area contributed by atoms with Crippen LogP contribution in [0.4, 0.5) is 26.4 Å². The number of nitrogens with two attached hydrogens (primary N) is 1. The lowest BCUT2D eigenvalue weighted by atomic mass is 10.0. The first-order valence-electron chi connectivity index (χ1n) is 14.4. The maximum Gasteiger partial charge on any atom is 0.323 e. The number of H-pyrrole nitrogens is 1. The highest BCUT2D eigenvalue weighted by Crippen LogP contribution is 2.37. The van der Waals surface area contributed by atoms with Crippen LogP contribution >= 0.6 is 0 Å². The van der Waals surface area contributed by atoms with Crippen molar-refractivity contribution in [3.8, 4) is 16.9 Å². The Morgan fingerprint density at radius 2 is 1.74 bits per heavy atom. The van der Waals surface area contributed by atoms with Gasteiger partial charge in [0.1, 0.15) is 17.1 Å². The minimum atomic E-state index is -0.535. The average molecular weight is 590 g/mol. The summed E-state index contributed by atoms with van der Waals surface area (Å²) in [6, 6.07) is 15.3. The molecule has 4 aromatic rings. The standard InChI is InChI=1S/C31H36FN7O4/c1-20-2-8-24(32)25(18-20)35-31(40)34-22-5-3-21(4-6-22)23-7-9-26(29-28(23)30(33)37-36-29)43-27(39-12-16-42-17-13-39)19-38-10-14-41-15-11-38/h2-9,18,27H,10-17,19H2,1H3,(H3,33,36,37)(H2,34,35,40). The van der Waals surface area contributed by atoms with Crippen LogP contribution in [0.3, 0.4) is 0 Å². The number of nitrogens with one attached hydrogen (secondary N) is 3. The first kappa shape index (κ1) is 28.9. The van der Waals surface area contributed by atoms with E-state index in [1.807, 2.05) is 31.2 Å². The van der Waals surface area contributed by atoms with Gasteiger partial charge in [-0.15, -0.1) is 0 Å². The van der Waals surface area contributed by atoms with Crippen molar-refractivity contribution in [2.75, 3.05) is 75.5 Å². The van der Waals surface area contributed by atoms with Crippen molar-refractivity contribution in [1.82, 2.24) is 20.0 Å². The summed E-state index contributed by atoms with van der Waals surface area (Å²) >= 11 is 0. The van der Waals surface area contributed by atoms with E-state index in [1.54, 1.807) is 24.3 Å². The van der Waals surface area contributed by atoms with Gasteiger partial charge in [-0.25, -0.2) is 9.18 Å². The predicted molar refractivity (Wildman–Crippen MR) is 164 cm³/mol. The molecule has 12 heteroatoms. The van der Waals surface area contributed by atoms with Crippen LogP contribution in [0.5, 0.6) is 5.75 Å². The van der Waals surface area contributed by atoms with Gasteiger partial charge in [0.05, 0.1) is 37.5 Å². The number of ether oxygens (including phenoxy) is 3. The van der Waals surface area contributed by atoms with Crippen molar-refractivity contribution < 1.29 is 23.4 Å². The summed E-state index contributed by atoms with van der Waals surface area (Å²) in [5.74, 6) is 0.543. The van der Waals surface area contributed by atoms with Gasteiger partial charge < -0.3 is 30.6 Å². The monoisotopic (exact) mass is 589 g/mol. The van der Waals surface area contributed by atoms with Crippen molar-refractivity contribution in [3.63, 3.8) is 0 Å². The molecular weight excluding hydrogens is 553 g/mol. The van der Waals surface area contributed by atoms with Crippen LogP contribution < -0.4 is 21.1 Å². The summed E-state index contributed by atoms with van der Waals surface area (Å²) in [5, 5.41) is 13.4. The van der Waals surface area contributed by atoms with E-state index in [0.29, 0.717) is 30.5 Å². The molecule has 1 atom stereocenters. The lowest BCUT2D eigenvalue weighted by Crippen LogP contribution is -2.53. The number of halogens is 1. The predicted octanol–water partition coefficient (Wildman–Crippen LogP) is 4.27. The fourth-order valence-corrected chi connectivity index (χ4v) is 5.47. The van der Waals surface area contributed by atoms with Gasteiger partial charge in [-0.1, -0.05) is 18.2 Å².